The molecule has 5 nitrogen and oxygen atoms in total. The highest BCUT2D eigenvalue weighted by atomic mass is 16.5. The molecular formula is C15H25N3O2. The van der Waals surface area contributed by atoms with Gasteiger partial charge in [0.05, 0.1) is 24.3 Å². The van der Waals surface area contributed by atoms with Gasteiger partial charge in [-0.15, -0.1) is 0 Å². The summed E-state index contributed by atoms with van der Waals surface area (Å²) < 4.78 is 5.50. The first-order valence-electron chi connectivity index (χ1n) is 7.43. The van der Waals surface area contributed by atoms with E-state index in [-0.39, 0.29) is 12.1 Å². The molecule has 1 aliphatic carbocycles. The zero-order valence-electron chi connectivity index (χ0n) is 12.6. The normalized spacial score (nSPS) is 26.3. The lowest BCUT2D eigenvalue weighted by Crippen LogP contribution is -2.45. The Morgan fingerprint density at radius 3 is 2.70 bits per heavy atom. The number of aliphatic hydroxyl groups is 1. The van der Waals surface area contributed by atoms with E-state index in [1.165, 1.54) is 6.33 Å². The molecule has 1 heterocycles. The lowest BCUT2D eigenvalue weighted by atomic mass is 9.77. The van der Waals surface area contributed by atoms with Gasteiger partial charge in [-0.25, -0.2) is 9.97 Å². The molecule has 1 aromatic rings. The molecule has 1 saturated carbocycles. The second-order valence-corrected chi connectivity index (χ2v) is 5.83. The summed E-state index contributed by atoms with van der Waals surface area (Å²) in [7, 11) is 0. The van der Waals surface area contributed by atoms with Crippen LogP contribution in [-0.4, -0.2) is 33.8 Å². The average Bonchev–Trinajstić information content (AvgIpc) is 2.46. The molecule has 112 valence electrons. The Bertz CT molecular complexity index is 443. The highest BCUT2D eigenvalue weighted by Gasteiger charge is 2.34. The van der Waals surface area contributed by atoms with Crippen LogP contribution in [0.25, 0.3) is 0 Å². The first-order valence-corrected chi connectivity index (χ1v) is 7.43. The number of rotatable bonds is 5. The first kappa shape index (κ1) is 15.0. The molecule has 0 aliphatic heterocycles. The van der Waals surface area contributed by atoms with E-state index in [9.17, 15) is 5.11 Å². The van der Waals surface area contributed by atoms with Crippen molar-refractivity contribution in [2.24, 2.45) is 5.92 Å². The van der Waals surface area contributed by atoms with Crippen LogP contribution in [-0.2, 0) is 0 Å². The first-order chi connectivity index (χ1) is 9.60. The van der Waals surface area contributed by atoms with Crippen molar-refractivity contribution in [1.82, 2.24) is 9.97 Å². The molecule has 1 aliphatic rings. The van der Waals surface area contributed by atoms with Gasteiger partial charge in [-0.2, -0.15) is 0 Å². The van der Waals surface area contributed by atoms with Gasteiger partial charge in [-0.1, -0.05) is 6.92 Å². The Kier molecular flexibility index (Phi) is 4.81. The Morgan fingerprint density at radius 1 is 1.40 bits per heavy atom. The van der Waals surface area contributed by atoms with E-state index in [4.69, 9.17) is 4.74 Å². The summed E-state index contributed by atoms with van der Waals surface area (Å²) in [4.78, 5) is 8.46. The third kappa shape index (κ3) is 3.20. The SMILES string of the molecule is CCOc1ncnc(NC2(CO)CCC(C)CC2)c1C. The standard InChI is InChI=1S/C15H25N3O2/c1-4-20-14-12(3)13(16-10-17-14)18-15(9-19)7-5-11(2)6-8-15/h10-11,19H,4-9H2,1-3H3,(H,16,17,18). The van der Waals surface area contributed by atoms with E-state index in [0.29, 0.717) is 12.5 Å². The van der Waals surface area contributed by atoms with Gasteiger partial charge in [0, 0.05) is 0 Å². The van der Waals surface area contributed by atoms with Crippen molar-refractivity contribution in [2.75, 3.05) is 18.5 Å². The molecule has 0 atom stereocenters. The summed E-state index contributed by atoms with van der Waals surface area (Å²) in [5, 5.41) is 13.3. The van der Waals surface area contributed by atoms with Gasteiger partial charge in [-0.3, -0.25) is 0 Å². The van der Waals surface area contributed by atoms with Gasteiger partial charge >= 0.3 is 0 Å². The van der Waals surface area contributed by atoms with E-state index in [1.807, 2.05) is 13.8 Å². The van der Waals surface area contributed by atoms with Crippen molar-refractivity contribution in [3.8, 4) is 5.88 Å². The number of hydrogen-bond acceptors (Lipinski definition) is 5. The minimum absolute atomic E-state index is 0.132. The number of nitrogens with one attached hydrogen (secondary N) is 1. The average molecular weight is 279 g/mol. The van der Waals surface area contributed by atoms with Gasteiger partial charge in [0.1, 0.15) is 12.1 Å². The van der Waals surface area contributed by atoms with Crippen LogP contribution in [0.2, 0.25) is 0 Å². The van der Waals surface area contributed by atoms with Crippen molar-refractivity contribution in [2.45, 2.75) is 52.0 Å². The molecule has 0 spiro atoms. The van der Waals surface area contributed by atoms with E-state index >= 15 is 0 Å². The number of nitrogens with zero attached hydrogens (tertiary/aromatic N) is 2. The Morgan fingerprint density at radius 2 is 2.10 bits per heavy atom. The zero-order valence-corrected chi connectivity index (χ0v) is 12.6. The highest BCUT2D eigenvalue weighted by molar-refractivity contribution is 5.49. The number of hydrogen-bond donors (Lipinski definition) is 2. The predicted octanol–water partition coefficient (Wildman–Crippen LogP) is 2.54. The molecule has 1 aromatic heterocycles. The highest BCUT2D eigenvalue weighted by Crippen LogP contribution is 2.35. The van der Waals surface area contributed by atoms with E-state index in [0.717, 1.165) is 43.0 Å². The van der Waals surface area contributed by atoms with Crippen molar-refractivity contribution >= 4 is 5.82 Å². The topological polar surface area (TPSA) is 67.3 Å². The number of aliphatic hydroxyl groups excluding tert-OH is 1. The maximum atomic E-state index is 9.82. The second kappa shape index (κ2) is 6.39. The van der Waals surface area contributed by atoms with Crippen LogP contribution in [0.3, 0.4) is 0 Å². The number of anilines is 1. The third-order valence-electron chi connectivity index (χ3n) is 4.24. The molecule has 0 bridgehead atoms. The molecule has 1 fully saturated rings. The molecule has 20 heavy (non-hydrogen) atoms. The smallest absolute Gasteiger partial charge is 0.221 e. The summed E-state index contributed by atoms with van der Waals surface area (Å²) in [6, 6.07) is 0. The van der Waals surface area contributed by atoms with Crippen LogP contribution >= 0.6 is 0 Å². The van der Waals surface area contributed by atoms with Crippen LogP contribution in [0.5, 0.6) is 5.88 Å². The lowest BCUT2D eigenvalue weighted by molar-refractivity contribution is 0.155. The minimum Gasteiger partial charge on any atom is -0.478 e. The molecular weight excluding hydrogens is 254 g/mol. The Hall–Kier alpha value is -1.36. The van der Waals surface area contributed by atoms with Gasteiger partial charge in [0.15, 0.2) is 0 Å². The van der Waals surface area contributed by atoms with Gasteiger partial charge < -0.3 is 15.2 Å². The maximum Gasteiger partial charge on any atom is 0.221 e. The molecule has 0 unspecified atom stereocenters. The van der Waals surface area contributed by atoms with Crippen LogP contribution in [0.4, 0.5) is 5.82 Å². The molecule has 0 aromatic carbocycles. The number of aromatic nitrogens is 2. The minimum atomic E-state index is -0.255. The summed E-state index contributed by atoms with van der Waals surface area (Å²) in [6.45, 7) is 6.87. The molecule has 0 saturated heterocycles. The number of ether oxygens (including phenoxy) is 1. The molecule has 2 rings (SSSR count). The van der Waals surface area contributed by atoms with Crippen LogP contribution < -0.4 is 10.1 Å². The quantitative estimate of drug-likeness (QED) is 0.867. The van der Waals surface area contributed by atoms with E-state index in [1.54, 1.807) is 0 Å². The van der Waals surface area contributed by atoms with Gasteiger partial charge in [0.2, 0.25) is 5.88 Å². The van der Waals surface area contributed by atoms with Crippen molar-refractivity contribution in [3.05, 3.63) is 11.9 Å². The maximum absolute atomic E-state index is 9.82. The van der Waals surface area contributed by atoms with Gasteiger partial charge in [0.25, 0.3) is 0 Å². The summed E-state index contributed by atoms with van der Waals surface area (Å²) in [5.41, 5.74) is 0.649. The summed E-state index contributed by atoms with van der Waals surface area (Å²) >= 11 is 0. The zero-order chi connectivity index (χ0) is 14.6. The fourth-order valence-electron chi connectivity index (χ4n) is 2.73. The fraction of sp³-hybridized carbons (Fsp3) is 0.733. The van der Waals surface area contributed by atoms with Crippen LogP contribution in [0.15, 0.2) is 6.33 Å². The summed E-state index contributed by atoms with van der Waals surface area (Å²) in [5.74, 6) is 2.12. The van der Waals surface area contributed by atoms with Crippen molar-refractivity contribution < 1.29 is 9.84 Å². The monoisotopic (exact) mass is 279 g/mol. The molecule has 5 heteroatoms. The van der Waals surface area contributed by atoms with Gasteiger partial charge in [-0.05, 0) is 45.4 Å². The van der Waals surface area contributed by atoms with E-state index in [2.05, 4.69) is 22.2 Å². The molecule has 2 N–H and O–H groups in total. The molecule has 0 amide bonds. The van der Waals surface area contributed by atoms with E-state index < -0.39 is 0 Å². The Balaban J connectivity index is 2.17. The van der Waals surface area contributed by atoms with Crippen molar-refractivity contribution in [3.63, 3.8) is 0 Å². The van der Waals surface area contributed by atoms with Crippen LogP contribution in [0, 0.1) is 12.8 Å². The summed E-state index contributed by atoms with van der Waals surface area (Å²) in [6.07, 6.45) is 5.72. The largest absolute Gasteiger partial charge is 0.478 e. The predicted molar refractivity (Wildman–Crippen MR) is 79.0 cm³/mol. The second-order valence-electron chi connectivity index (χ2n) is 5.83. The third-order valence-corrected chi connectivity index (χ3v) is 4.24. The Labute approximate surface area is 120 Å². The fourth-order valence-corrected chi connectivity index (χ4v) is 2.73. The molecule has 0 radical (unpaired) electrons. The van der Waals surface area contributed by atoms with Crippen LogP contribution in [0.1, 0.15) is 45.1 Å². The van der Waals surface area contributed by atoms with Crippen molar-refractivity contribution in [1.29, 1.82) is 0 Å². The lowest BCUT2D eigenvalue weighted by Gasteiger charge is -2.39.